The van der Waals surface area contributed by atoms with Gasteiger partial charge in [0.15, 0.2) is 0 Å². The first kappa shape index (κ1) is 21.3. The fourth-order valence-electron chi connectivity index (χ4n) is 5.70. The van der Waals surface area contributed by atoms with Crippen molar-refractivity contribution < 1.29 is 9.59 Å². The second kappa shape index (κ2) is 7.98. The third-order valence-electron chi connectivity index (χ3n) is 6.97. The number of nitrogens with zero attached hydrogens (tertiary/aromatic N) is 5. The average molecular weight is 416 g/mol. The minimum Gasteiger partial charge on any atom is -0.340 e. The molecular formula is C23H37N5O2. The van der Waals surface area contributed by atoms with Crippen LogP contribution in [0.15, 0.2) is 6.20 Å². The van der Waals surface area contributed by atoms with Crippen LogP contribution in [-0.4, -0.2) is 81.9 Å². The van der Waals surface area contributed by atoms with Gasteiger partial charge in [-0.2, -0.15) is 0 Å². The van der Waals surface area contributed by atoms with Crippen molar-refractivity contribution in [2.75, 3.05) is 39.8 Å². The number of carbonyl (C=O) groups is 2. The molecular weight excluding hydrogens is 378 g/mol. The molecule has 30 heavy (non-hydrogen) atoms. The van der Waals surface area contributed by atoms with Crippen molar-refractivity contribution >= 4 is 11.8 Å². The number of amides is 2. The predicted molar refractivity (Wildman–Crippen MR) is 116 cm³/mol. The number of hydrogen-bond donors (Lipinski definition) is 0. The summed E-state index contributed by atoms with van der Waals surface area (Å²) in [6, 6.07) is 0.193. The van der Waals surface area contributed by atoms with Crippen LogP contribution in [-0.2, 0) is 22.6 Å². The lowest BCUT2D eigenvalue weighted by Gasteiger charge is -2.31. The van der Waals surface area contributed by atoms with Gasteiger partial charge in [-0.1, -0.05) is 20.8 Å². The highest BCUT2D eigenvalue weighted by Crippen LogP contribution is 2.33. The van der Waals surface area contributed by atoms with Gasteiger partial charge in [0.25, 0.3) is 0 Å². The van der Waals surface area contributed by atoms with Crippen molar-refractivity contribution in [1.82, 2.24) is 24.3 Å². The number of imidazole rings is 1. The van der Waals surface area contributed by atoms with Crippen molar-refractivity contribution in [2.45, 2.75) is 59.5 Å². The van der Waals surface area contributed by atoms with Gasteiger partial charge in [0.2, 0.25) is 11.8 Å². The van der Waals surface area contributed by atoms with E-state index in [-0.39, 0.29) is 29.2 Å². The van der Waals surface area contributed by atoms with Crippen molar-refractivity contribution in [3.8, 4) is 0 Å². The molecule has 2 fully saturated rings. The molecule has 0 bridgehead atoms. The van der Waals surface area contributed by atoms with E-state index in [1.54, 1.807) is 0 Å². The summed E-state index contributed by atoms with van der Waals surface area (Å²) in [5.41, 5.74) is 1.41. The summed E-state index contributed by atoms with van der Waals surface area (Å²) >= 11 is 0. The quantitative estimate of drug-likeness (QED) is 0.752. The molecule has 0 aromatic carbocycles. The zero-order valence-electron chi connectivity index (χ0n) is 19.2. The van der Waals surface area contributed by atoms with E-state index in [9.17, 15) is 9.59 Å². The van der Waals surface area contributed by atoms with Crippen molar-refractivity contribution in [2.24, 2.45) is 17.3 Å². The number of aromatic nitrogens is 2. The normalized spacial score (nSPS) is 26.3. The van der Waals surface area contributed by atoms with Gasteiger partial charge < -0.3 is 14.4 Å². The maximum atomic E-state index is 13.3. The van der Waals surface area contributed by atoms with Crippen LogP contribution in [0.3, 0.4) is 0 Å². The lowest BCUT2D eigenvalue weighted by Crippen LogP contribution is -2.46. The number of likely N-dealkylation sites (N-methyl/N-ethyl adjacent to an activating group) is 1. The predicted octanol–water partition coefficient (Wildman–Crippen LogP) is 1.79. The molecule has 0 N–H and O–H groups in total. The Morgan fingerprint density at radius 3 is 2.70 bits per heavy atom. The summed E-state index contributed by atoms with van der Waals surface area (Å²) in [6.07, 6.45) is 4.77. The molecule has 2 saturated heterocycles. The van der Waals surface area contributed by atoms with Crippen molar-refractivity contribution in [1.29, 1.82) is 0 Å². The van der Waals surface area contributed by atoms with Gasteiger partial charge in [0.1, 0.15) is 5.82 Å². The summed E-state index contributed by atoms with van der Waals surface area (Å²) in [4.78, 5) is 36.9. The fourth-order valence-corrected chi connectivity index (χ4v) is 5.70. The van der Waals surface area contributed by atoms with Crippen LogP contribution in [0, 0.1) is 24.2 Å². The summed E-state index contributed by atoms with van der Waals surface area (Å²) in [6.45, 7) is 13.0. The minimum absolute atomic E-state index is 0.0336. The topological polar surface area (TPSA) is 61.7 Å². The molecule has 0 radical (unpaired) electrons. The van der Waals surface area contributed by atoms with Gasteiger partial charge in [0, 0.05) is 50.5 Å². The first-order chi connectivity index (χ1) is 14.1. The molecule has 3 atom stereocenters. The van der Waals surface area contributed by atoms with Crippen molar-refractivity contribution in [3.05, 3.63) is 17.7 Å². The fraction of sp³-hybridized carbons (Fsp3) is 0.783. The van der Waals surface area contributed by atoms with E-state index in [4.69, 9.17) is 0 Å². The smallest absolute Gasteiger partial charge is 0.237 e. The lowest BCUT2D eigenvalue weighted by atomic mass is 9.96. The molecule has 1 aromatic rings. The number of hydrogen-bond acceptors (Lipinski definition) is 4. The maximum absolute atomic E-state index is 13.3. The average Bonchev–Trinajstić information content (AvgIpc) is 3.33. The second-order valence-corrected chi connectivity index (χ2v) is 10.8. The molecule has 4 heterocycles. The molecule has 0 saturated carbocycles. The Morgan fingerprint density at radius 1 is 1.20 bits per heavy atom. The lowest BCUT2D eigenvalue weighted by molar-refractivity contribution is -0.138. The van der Waals surface area contributed by atoms with Gasteiger partial charge in [0.05, 0.1) is 18.5 Å². The van der Waals surface area contributed by atoms with E-state index in [2.05, 4.69) is 40.1 Å². The van der Waals surface area contributed by atoms with Gasteiger partial charge in [-0.3, -0.25) is 14.5 Å². The Hall–Kier alpha value is -1.89. The monoisotopic (exact) mass is 415 g/mol. The maximum Gasteiger partial charge on any atom is 0.237 e. The number of rotatable bonds is 4. The van der Waals surface area contributed by atoms with E-state index < -0.39 is 0 Å². The van der Waals surface area contributed by atoms with E-state index >= 15 is 0 Å². The number of aryl methyl sites for hydroxylation is 2. The SMILES string of the molecule is Cc1ncc2n1CC(C(=O)N1C[C@H]3CCN(C(=O)CN(C)CC(C)(C)C)[C@H]3C1)CC2. The molecule has 4 rings (SSSR count). The number of carbonyl (C=O) groups excluding carboxylic acids is 2. The van der Waals surface area contributed by atoms with Crippen LogP contribution >= 0.6 is 0 Å². The Balaban J connectivity index is 1.35. The van der Waals surface area contributed by atoms with E-state index in [1.807, 2.05) is 25.1 Å². The molecule has 7 nitrogen and oxygen atoms in total. The highest BCUT2D eigenvalue weighted by molar-refractivity contribution is 5.81. The summed E-state index contributed by atoms with van der Waals surface area (Å²) in [5.74, 6) is 1.93. The van der Waals surface area contributed by atoms with Crippen LogP contribution in [0.1, 0.15) is 45.1 Å². The highest BCUT2D eigenvalue weighted by atomic mass is 16.2. The zero-order chi connectivity index (χ0) is 21.6. The molecule has 3 aliphatic rings. The summed E-state index contributed by atoms with van der Waals surface area (Å²) in [7, 11) is 2.02. The molecule has 1 aromatic heterocycles. The van der Waals surface area contributed by atoms with Gasteiger partial charge in [-0.15, -0.1) is 0 Å². The molecule has 1 unspecified atom stereocenters. The third kappa shape index (κ3) is 4.27. The molecule has 166 valence electrons. The van der Waals surface area contributed by atoms with Crippen LogP contribution in [0.25, 0.3) is 0 Å². The highest BCUT2D eigenvalue weighted by Gasteiger charge is 2.45. The van der Waals surface area contributed by atoms with Gasteiger partial charge >= 0.3 is 0 Å². The van der Waals surface area contributed by atoms with Crippen molar-refractivity contribution in [3.63, 3.8) is 0 Å². The third-order valence-corrected chi connectivity index (χ3v) is 6.97. The molecule has 3 aliphatic heterocycles. The minimum atomic E-state index is 0.0336. The standard InChI is InChI=1S/C23H37N5O2/c1-16-24-10-19-7-6-18(12-28(16)19)22(30)26-11-17-8-9-27(20(17)13-26)21(29)14-25(5)15-23(2,3)4/h10,17-18,20H,6-9,11-15H2,1-5H3/t17-,18?,20+/m1/s1. The van der Waals surface area contributed by atoms with Crippen LogP contribution in [0.2, 0.25) is 0 Å². The second-order valence-electron chi connectivity index (χ2n) is 10.8. The Labute approximate surface area is 180 Å². The van der Waals surface area contributed by atoms with Crippen LogP contribution < -0.4 is 0 Å². The Kier molecular flexibility index (Phi) is 5.68. The van der Waals surface area contributed by atoms with E-state index in [0.717, 1.165) is 51.3 Å². The van der Waals surface area contributed by atoms with Crippen LogP contribution in [0.5, 0.6) is 0 Å². The Morgan fingerprint density at radius 2 is 1.97 bits per heavy atom. The zero-order valence-corrected chi connectivity index (χ0v) is 19.2. The summed E-state index contributed by atoms with van der Waals surface area (Å²) < 4.78 is 2.20. The van der Waals surface area contributed by atoms with Gasteiger partial charge in [-0.05, 0) is 38.6 Å². The molecule has 0 aliphatic carbocycles. The first-order valence-corrected chi connectivity index (χ1v) is 11.4. The van der Waals surface area contributed by atoms with Crippen LogP contribution in [0.4, 0.5) is 0 Å². The largest absolute Gasteiger partial charge is 0.340 e. The van der Waals surface area contributed by atoms with E-state index in [0.29, 0.717) is 19.0 Å². The molecule has 7 heteroatoms. The van der Waals surface area contributed by atoms with Gasteiger partial charge in [-0.25, -0.2) is 4.98 Å². The molecule has 2 amide bonds. The molecule has 0 spiro atoms. The Bertz CT molecular complexity index is 811. The summed E-state index contributed by atoms with van der Waals surface area (Å²) in [5, 5.41) is 0. The number of fused-ring (bicyclic) bond motifs is 2. The van der Waals surface area contributed by atoms with E-state index in [1.165, 1.54) is 5.69 Å². The first-order valence-electron chi connectivity index (χ1n) is 11.4. The number of likely N-dealkylation sites (tertiary alicyclic amines) is 2.